The maximum atomic E-state index is 6.27. The van der Waals surface area contributed by atoms with Crippen molar-refractivity contribution in [3.05, 3.63) is 12.7 Å². The van der Waals surface area contributed by atoms with Crippen molar-refractivity contribution in [1.82, 2.24) is 0 Å². The minimum atomic E-state index is -0.00883. The fourth-order valence-electron chi connectivity index (χ4n) is 3.91. The summed E-state index contributed by atoms with van der Waals surface area (Å²) in [5.41, 5.74) is 0. The van der Waals surface area contributed by atoms with Crippen molar-refractivity contribution >= 4 is 0 Å². The summed E-state index contributed by atoms with van der Waals surface area (Å²) in [6, 6.07) is 0. The van der Waals surface area contributed by atoms with E-state index in [0.29, 0.717) is 30.5 Å². The van der Waals surface area contributed by atoms with E-state index in [2.05, 4.69) is 26.5 Å². The summed E-state index contributed by atoms with van der Waals surface area (Å²) in [5.74, 6) is 1.99. The van der Waals surface area contributed by atoms with Crippen LogP contribution in [0.3, 0.4) is 0 Å². The third-order valence-corrected chi connectivity index (χ3v) is 5.24. The first-order chi connectivity index (χ1) is 10.7. The number of methoxy groups -OCH3 is 1. The minimum absolute atomic E-state index is 0.00883. The van der Waals surface area contributed by atoms with Crippen molar-refractivity contribution in [2.75, 3.05) is 27.1 Å². The van der Waals surface area contributed by atoms with Crippen LogP contribution in [0.25, 0.3) is 0 Å². The van der Waals surface area contributed by atoms with Crippen molar-refractivity contribution in [3.8, 4) is 0 Å². The van der Waals surface area contributed by atoms with Gasteiger partial charge in [-0.2, -0.15) is 0 Å². The molecule has 2 fully saturated rings. The van der Waals surface area contributed by atoms with Crippen molar-refractivity contribution in [3.63, 3.8) is 0 Å². The molecule has 4 nitrogen and oxygen atoms in total. The molecular weight excluding hydrogens is 280 g/mol. The molecule has 2 rings (SSSR count). The largest absolute Gasteiger partial charge is 0.359 e. The Balaban J connectivity index is 1.89. The van der Waals surface area contributed by atoms with Crippen LogP contribution in [0, 0.1) is 23.7 Å². The van der Waals surface area contributed by atoms with Gasteiger partial charge in [-0.15, -0.1) is 6.58 Å². The molecule has 0 spiro atoms. The van der Waals surface area contributed by atoms with Crippen LogP contribution < -0.4 is 0 Å². The highest BCUT2D eigenvalue weighted by Gasteiger charge is 2.43. The van der Waals surface area contributed by atoms with Gasteiger partial charge in [0, 0.05) is 13.7 Å². The van der Waals surface area contributed by atoms with Gasteiger partial charge in [0.05, 0.1) is 12.7 Å². The highest BCUT2D eigenvalue weighted by atomic mass is 16.7. The maximum Gasteiger partial charge on any atom is 0.157 e. The van der Waals surface area contributed by atoms with Gasteiger partial charge >= 0.3 is 0 Å². The Morgan fingerprint density at radius 3 is 2.82 bits per heavy atom. The lowest BCUT2D eigenvalue weighted by atomic mass is 9.83. The van der Waals surface area contributed by atoms with Crippen LogP contribution in [0.1, 0.15) is 39.5 Å². The number of hydrogen-bond donors (Lipinski definition) is 0. The highest BCUT2D eigenvalue weighted by Crippen LogP contribution is 2.44. The molecule has 0 aromatic carbocycles. The van der Waals surface area contributed by atoms with Gasteiger partial charge in [-0.05, 0) is 49.4 Å². The lowest BCUT2D eigenvalue weighted by molar-refractivity contribution is -0.194. The number of rotatable bonds is 8. The Hall–Kier alpha value is -0.420. The zero-order chi connectivity index (χ0) is 15.9. The topological polar surface area (TPSA) is 36.9 Å². The third kappa shape index (κ3) is 4.54. The molecule has 0 aromatic heterocycles. The summed E-state index contributed by atoms with van der Waals surface area (Å²) in [5, 5.41) is 0. The van der Waals surface area contributed by atoms with Crippen LogP contribution in [0.2, 0.25) is 0 Å². The molecule has 1 aliphatic heterocycles. The summed E-state index contributed by atoms with van der Waals surface area (Å²) < 4.78 is 22.5. The normalized spacial score (nSPS) is 37.1. The van der Waals surface area contributed by atoms with Crippen molar-refractivity contribution in [1.29, 1.82) is 0 Å². The fourth-order valence-corrected chi connectivity index (χ4v) is 3.91. The van der Waals surface area contributed by atoms with E-state index >= 15 is 0 Å². The average molecular weight is 312 g/mol. The second-order valence-electron chi connectivity index (χ2n) is 6.80. The third-order valence-electron chi connectivity index (χ3n) is 5.24. The molecule has 1 aliphatic carbocycles. The number of allylic oxidation sites excluding steroid dienone is 1. The van der Waals surface area contributed by atoms with Gasteiger partial charge in [0.25, 0.3) is 0 Å². The molecule has 0 radical (unpaired) electrons. The lowest BCUT2D eigenvalue weighted by Gasteiger charge is -2.28. The zero-order valence-corrected chi connectivity index (χ0v) is 14.3. The first-order valence-electron chi connectivity index (χ1n) is 8.63. The van der Waals surface area contributed by atoms with Crippen molar-refractivity contribution < 1.29 is 18.9 Å². The Morgan fingerprint density at radius 2 is 2.18 bits per heavy atom. The molecule has 2 aliphatic rings. The SMILES string of the molecule is C=C[C@H]1[C@H](C)[C@H](OC2CCCCO2)C[C@H]1[C@H](C)COCOC. The Bertz CT molecular complexity index is 327. The van der Waals surface area contributed by atoms with Gasteiger partial charge in [0.2, 0.25) is 0 Å². The number of ether oxygens (including phenoxy) is 4. The van der Waals surface area contributed by atoms with Crippen molar-refractivity contribution in [2.24, 2.45) is 23.7 Å². The van der Waals surface area contributed by atoms with E-state index in [1.54, 1.807) is 7.11 Å². The number of hydrogen-bond acceptors (Lipinski definition) is 4. The predicted octanol–water partition coefficient (Wildman–Crippen LogP) is 3.61. The van der Waals surface area contributed by atoms with Gasteiger partial charge in [0.15, 0.2) is 6.29 Å². The molecule has 1 saturated carbocycles. The first kappa shape index (κ1) is 17.9. The summed E-state index contributed by atoms with van der Waals surface area (Å²) >= 11 is 0. The molecule has 0 amide bonds. The predicted molar refractivity (Wildman–Crippen MR) is 86.4 cm³/mol. The average Bonchev–Trinajstić information content (AvgIpc) is 2.85. The van der Waals surface area contributed by atoms with Crippen LogP contribution in [0.5, 0.6) is 0 Å². The summed E-state index contributed by atoms with van der Waals surface area (Å²) in [4.78, 5) is 0. The van der Waals surface area contributed by atoms with E-state index in [9.17, 15) is 0 Å². The monoisotopic (exact) mass is 312 g/mol. The smallest absolute Gasteiger partial charge is 0.157 e. The van der Waals surface area contributed by atoms with Crippen LogP contribution in [-0.4, -0.2) is 39.5 Å². The molecule has 1 unspecified atom stereocenters. The van der Waals surface area contributed by atoms with E-state index in [4.69, 9.17) is 18.9 Å². The van der Waals surface area contributed by atoms with Crippen molar-refractivity contribution in [2.45, 2.75) is 51.9 Å². The van der Waals surface area contributed by atoms with Crippen LogP contribution >= 0.6 is 0 Å². The Kier molecular flexibility index (Phi) is 7.35. The van der Waals surface area contributed by atoms with Gasteiger partial charge in [-0.3, -0.25) is 0 Å². The van der Waals surface area contributed by atoms with E-state index < -0.39 is 0 Å². The van der Waals surface area contributed by atoms with Crippen LogP contribution in [0.15, 0.2) is 12.7 Å². The van der Waals surface area contributed by atoms with E-state index in [1.165, 1.54) is 6.42 Å². The lowest BCUT2D eigenvalue weighted by Crippen LogP contribution is -2.30. The standard InChI is InChI=1S/C18H32O4/c1-5-15-14(3)17(22-18-8-6-7-9-21-18)10-16(15)13(2)11-20-12-19-4/h5,13-18H,1,6-12H2,2-4H3/t13-,14+,15+,16+,17-,18?/m1/s1. The maximum absolute atomic E-state index is 6.27. The molecule has 0 aromatic rings. The summed E-state index contributed by atoms with van der Waals surface area (Å²) in [6.07, 6.45) is 6.82. The van der Waals surface area contributed by atoms with Crippen LogP contribution in [0.4, 0.5) is 0 Å². The van der Waals surface area contributed by atoms with E-state index in [0.717, 1.165) is 32.5 Å². The fraction of sp³-hybridized carbons (Fsp3) is 0.889. The summed E-state index contributed by atoms with van der Waals surface area (Å²) in [7, 11) is 1.66. The second-order valence-corrected chi connectivity index (χ2v) is 6.80. The van der Waals surface area contributed by atoms with Crippen LogP contribution in [-0.2, 0) is 18.9 Å². The molecule has 128 valence electrons. The highest BCUT2D eigenvalue weighted by molar-refractivity contribution is 4.99. The molecule has 1 heterocycles. The second kappa shape index (κ2) is 9.02. The molecule has 0 bridgehead atoms. The quantitative estimate of drug-likeness (QED) is 0.390. The van der Waals surface area contributed by atoms with Gasteiger partial charge in [0.1, 0.15) is 6.79 Å². The Morgan fingerprint density at radius 1 is 1.36 bits per heavy atom. The molecule has 22 heavy (non-hydrogen) atoms. The van der Waals surface area contributed by atoms with Gasteiger partial charge < -0.3 is 18.9 Å². The molecule has 4 heteroatoms. The first-order valence-corrected chi connectivity index (χ1v) is 8.63. The molecule has 0 N–H and O–H groups in total. The minimum Gasteiger partial charge on any atom is -0.359 e. The Labute approximate surface area is 135 Å². The zero-order valence-electron chi connectivity index (χ0n) is 14.3. The molecule has 1 saturated heterocycles. The summed E-state index contributed by atoms with van der Waals surface area (Å²) in [6.45, 7) is 10.5. The van der Waals surface area contributed by atoms with E-state index in [1.807, 2.05) is 0 Å². The van der Waals surface area contributed by atoms with E-state index in [-0.39, 0.29) is 12.4 Å². The van der Waals surface area contributed by atoms with Gasteiger partial charge in [-0.1, -0.05) is 19.9 Å². The molecular formula is C18H32O4. The van der Waals surface area contributed by atoms with Gasteiger partial charge in [-0.25, -0.2) is 0 Å². The molecule has 6 atom stereocenters.